The number of hydrogen-bond acceptors (Lipinski definition) is 7. The molecule has 1 aliphatic heterocycles. The van der Waals surface area contributed by atoms with Crippen molar-refractivity contribution in [2.45, 2.75) is 25.7 Å². The van der Waals surface area contributed by atoms with Crippen molar-refractivity contribution < 1.29 is 14.3 Å². The zero-order valence-corrected chi connectivity index (χ0v) is 19.7. The summed E-state index contributed by atoms with van der Waals surface area (Å²) in [5.41, 5.74) is 1.37. The van der Waals surface area contributed by atoms with Crippen LogP contribution in [0.25, 0.3) is 5.82 Å². The molecular weight excluding hydrogens is 444 g/mol. The van der Waals surface area contributed by atoms with Crippen molar-refractivity contribution in [2.75, 3.05) is 20.2 Å². The first-order chi connectivity index (χ1) is 17.1. The van der Waals surface area contributed by atoms with Crippen LogP contribution in [0, 0.1) is 6.92 Å². The zero-order chi connectivity index (χ0) is 24.2. The van der Waals surface area contributed by atoms with E-state index in [4.69, 9.17) is 9.47 Å². The first-order valence-electron chi connectivity index (χ1n) is 11.5. The number of aromatic nitrogens is 5. The lowest BCUT2D eigenvalue weighted by Gasteiger charge is -2.32. The number of amides is 1. The highest BCUT2D eigenvalue weighted by atomic mass is 16.5. The molecule has 1 unspecified atom stereocenters. The Bertz CT molecular complexity index is 1290. The van der Waals surface area contributed by atoms with E-state index in [1.807, 2.05) is 54.4 Å². The molecule has 9 heteroatoms. The topological polar surface area (TPSA) is 95.3 Å². The zero-order valence-electron chi connectivity index (χ0n) is 19.7. The number of pyridine rings is 1. The van der Waals surface area contributed by atoms with Crippen LogP contribution in [-0.4, -0.2) is 55.7 Å². The van der Waals surface area contributed by atoms with Crippen LogP contribution in [0.4, 0.5) is 0 Å². The highest BCUT2D eigenvalue weighted by molar-refractivity contribution is 5.94. The van der Waals surface area contributed by atoms with Crippen LogP contribution in [0.5, 0.6) is 17.4 Å². The summed E-state index contributed by atoms with van der Waals surface area (Å²) in [6, 6.07) is 14.6. The van der Waals surface area contributed by atoms with Gasteiger partial charge in [0.05, 0.1) is 12.7 Å². The van der Waals surface area contributed by atoms with E-state index in [1.54, 1.807) is 36.3 Å². The molecule has 178 valence electrons. The van der Waals surface area contributed by atoms with Gasteiger partial charge >= 0.3 is 0 Å². The lowest BCUT2D eigenvalue weighted by molar-refractivity contribution is 0.0704. The molecule has 3 aromatic heterocycles. The van der Waals surface area contributed by atoms with Crippen molar-refractivity contribution in [1.82, 2.24) is 29.6 Å². The Morgan fingerprint density at radius 3 is 2.63 bits per heavy atom. The molecule has 9 nitrogen and oxygen atoms in total. The van der Waals surface area contributed by atoms with Gasteiger partial charge in [-0.05, 0) is 62.2 Å². The van der Waals surface area contributed by atoms with Gasteiger partial charge in [0.25, 0.3) is 5.91 Å². The summed E-state index contributed by atoms with van der Waals surface area (Å²) in [6.45, 7) is 3.16. The van der Waals surface area contributed by atoms with Gasteiger partial charge in [0.2, 0.25) is 5.88 Å². The van der Waals surface area contributed by atoms with E-state index in [0.29, 0.717) is 41.9 Å². The number of carbonyl (C=O) groups excluding carboxylic acids is 1. The highest BCUT2D eigenvalue weighted by Gasteiger charge is 2.28. The minimum Gasteiger partial charge on any atom is -0.497 e. The fraction of sp³-hybridized carbons (Fsp3) is 0.269. The maximum absolute atomic E-state index is 13.2. The Hall–Kier alpha value is -4.27. The molecule has 0 aliphatic carbocycles. The van der Waals surface area contributed by atoms with Crippen LogP contribution < -0.4 is 9.47 Å². The van der Waals surface area contributed by atoms with E-state index in [2.05, 4.69) is 20.1 Å². The van der Waals surface area contributed by atoms with E-state index in [9.17, 15) is 4.79 Å². The number of methoxy groups -OCH3 is 1. The second-order valence-corrected chi connectivity index (χ2v) is 8.43. The maximum atomic E-state index is 13.2. The van der Waals surface area contributed by atoms with Crippen LogP contribution in [0.3, 0.4) is 0 Å². The highest BCUT2D eigenvalue weighted by Crippen LogP contribution is 2.29. The van der Waals surface area contributed by atoms with E-state index in [-0.39, 0.29) is 11.8 Å². The maximum Gasteiger partial charge on any atom is 0.255 e. The molecule has 1 aliphatic rings. The van der Waals surface area contributed by atoms with E-state index < -0.39 is 0 Å². The van der Waals surface area contributed by atoms with Crippen molar-refractivity contribution in [2.24, 2.45) is 0 Å². The van der Waals surface area contributed by atoms with E-state index in [0.717, 1.165) is 24.3 Å². The van der Waals surface area contributed by atoms with Crippen molar-refractivity contribution in [1.29, 1.82) is 0 Å². The number of carbonyl (C=O) groups is 1. The van der Waals surface area contributed by atoms with Crippen LogP contribution in [-0.2, 0) is 0 Å². The quantitative estimate of drug-likeness (QED) is 0.417. The number of piperidine rings is 1. The molecule has 1 amide bonds. The first kappa shape index (κ1) is 22.5. The molecule has 0 bridgehead atoms. The largest absolute Gasteiger partial charge is 0.497 e. The van der Waals surface area contributed by atoms with Gasteiger partial charge in [0.15, 0.2) is 5.82 Å². The normalized spacial score (nSPS) is 15.6. The molecule has 0 N–H and O–H groups in total. The molecule has 1 fully saturated rings. The summed E-state index contributed by atoms with van der Waals surface area (Å²) >= 11 is 0. The van der Waals surface area contributed by atoms with E-state index >= 15 is 0 Å². The molecular formula is C26H26N6O3. The van der Waals surface area contributed by atoms with Crippen molar-refractivity contribution in [3.05, 3.63) is 84.2 Å². The van der Waals surface area contributed by atoms with Gasteiger partial charge < -0.3 is 14.4 Å². The Balaban J connectivity index is 1.29. The lowest BCUT2D eigenvalue weighted by atomic mass is 9.96. The van der Waals surface area contributed by atoms with E-state index in [1.165, 1.54) is 0 Å². The van der Waals surface area contributed by atoms with Crippen LogP contribution in [0.1, 0.15) is 40.6 Å². The van der Waals surface area contributed by atoms with Crippen molar-refractivity contribution in [3.8, 4) is 23.2 Å². The minimum absolute atomic E-state index is 0.0297. The average molecular weight is 471 g/mol. The number of nitrogens with zero attached hydrogens (tertiary/aromatic N) is 6. The Kier molecular flexibility index (Phi) is 6.38. The Morgan fingerprint density at radius 1 is 1.09 bits per heavy atom. The average Bonchev–Trinajstić information content (AvgIpc) is 3.44. The van der Waals surface area contributed by atoms with Crippen molar-refractivity contribution in [3.63, 3.8) is 0 Å². The fourth-order valence-corrected chi connectivity index (χ4v) is 4.17. The molecule has 4 aromatic rings. The second-order valence-electron chi connectivity index (χ2n) is 8.43. The molecule has 1 aromatic carbocycles. The standard InChI is InChI=1S/C26H26N6O3/c1-18-15-24(35-22-9-7-21(34-2)8-10-22)30-25(29-18)20-5-3-13-31(17-20)26(33)19-6-11-23(27-16-19)32-14-4-12-28-32/h4,6-12,14-16,20H,3,5,13,17H2,1-2H3. The molecule has 0 spiro atoms. The molecule has 5 rings (SSSR count). The van der Waals surface area contributed by atoms with Crippen LogP contribution >= 0.6 is 0 Å². The molecule has 0 radical (unpaired) electrons. The number of aryl methyl sites for hydroxylation is 1. The van der Waals surface area contributed by atoms with Gasteiger partial charge in [0.1, 0.15) is 17.3 Å². The third kappa shape index (κ3) is 5.13. The minimum atomic E-state index is -0.0448. The van der Waals surface area contributed by atoms with Gasteiger partial charge in [-0.15, -0.1) is 0 Å². The molecule has 4 heterocycles. The van der Waals surface area contributed by atoms with Gasteiger partial charge in [-0.1, -0.05) is 0 Å². The van der Waals surface area contributed by atoms with Crippen LogP contribution in [0.15, 0.2) is 67.1 Å². The summed E-state index contributed by atoms with van der Waals surface area (Å²) in [7, 11) is 1.63. The third-order valence-electron chi connectivity index (χ3n) is 5.94. The van der Waals surface area contributed by atoms with Gasteiger partial charge in [-0.25, -0.2) is 14.6 Å². The number of hydrogen-bond donors (Lipinski definition) is 0. The summed E-state index contributed by atoms with van der Waals surface area (Å²) < 4.78 is 12.8. The van der Waals surface area contributed by atoms with Gasteiger partial charge in [-0.3, -0.25) is 4.79 Å². The lowest BCUT2D eigenvalue weighted by Crippen LogP contribution is -2.39. The summed E-state index contributed by atoms with van der Waals surface area (Å²) in [5, 5.41) is 4.17. The number of rotatable bonds is 6. The number of likely N-dealkylation sites (tertiary alicyclic amines) is 1. The summed E-state index contributed by atoms with van der Waals surface area (Å²) in [6.07, 6.45) is 6.89. The van der Waals surface area contributed by atoms with Gasteiger partial charge in [-0.2, -0.15) is 10.1 Å². The summed E-state index contributed by atoms with van der Waals surface area (Å²) in [5.74, 6) is 3.26. The smallest absolute Gasteiger partial charge is 0.255 e. The van der Waals surface area contributed by atoms with Crippen molar-refractivity contribution >= 4 is 5.91 Å². The molecule has 1 atom stereocenters. The SMILES string of the molecule is COc1ccc(Oc2cc(C)nc(C3CCCN(C(=O)c4ccc(-n5cccn5)nc4)C3)n2)cc1. The predicted molar refractivity (Wildman–Crippen MR) is 129 cm³/mol. The Labute approximate surface area is 203 Å². The Morgan fingerprint density at radius 2 is 1.91 bits per heavy atom. The molecule has 1 saturated heterocycles. The predicted octanol–water partition coefficient (Wildman–Crippen LogP) is 4.19. The fourth-order valence-electron chi connectivity index (χ4n) is 4.17. The second kappa shape index (κ2) is 9.92. The molecule has 0 saturated carbocycles. The molecule has 35 heavy (non-hydrogen) atoms. The monoisotopic (exact) mass is 470 g/mol. The van der Waals surface area contributed by atoms with Crippen LogP contribution in [0.2, 0.25) is 0 Å². The number of benzene rings is 1. The summed E-state index contributed by atoms with van der Waals surface area (Å²) in [4.78, 5) is 28.8. The number of ether oxygens (including phenoxy) is 2. The third-order valence-corrected chi connectivity index (χ3v) is 5.94. The van der Waals surface area contributed by atoms with Gasteiger partial charge in [0, 0.05) is 49.4 Å². The first-order valence-corrected chi connectivity index (χ1v) is 11.5.